The van der Waals surface area contributed by atoms with Gasteiger partial charge in [0, 0.05) is 17.5 Å². The van der Waals surface area contributed by atoms with Gasteiger partial charge >= 0.3 is 5.97 Å². The number of carbonyl (C=O) groups excluding carboxylic acids is 3. The van der Waals surface area contributed by atoms with Crippen LogP contribution in [-0.4, -0.2) is 69.6 Å². The number of aliphatic hydroxyl groups is 1. The fourth-order valence-electron chi connectivity index (χ4n) is 6.24. The Morgan fingerprint density at radius 3 is 2.65 bits per heavy atom. The van der Waals surface area contributed by atoms with Crippen molar-refractivity contribution in [3.8, 4) is 0 Å². The summed E-state index contributed by atoms with van der Waals surface area (Å²) in [6, 6.07) is 4.56. The Bertz CT molecular complexity index is 993. The van der Waals surface area contributed by atoms with E-state index in [-0.39, 0.29) is 36.2 Å². The molecule has 34 heavy (non-hydrogen) atoms. The lowest BCUT2D eigenvalue weighted by molar-refractivity contribution is -0.154. The fraction of sp³-hybridized carbons (Fsp3) is 0.577. The minimum absolute atomic E-state index is 0.0389. The Hall–Kier alpha value is -2.32. The maximum Gasteiger partial charge on any atom is 0.310 e. The molecule has 2 bridgehead atoms. The summed E-state index contributed by atoms with van der Waals surface area (Å²) in [4.78, 5) is 44.5. The number of esters is 1. The molecule has 0 radical (unpaired) electrons. The molecule has 3 saturated heterocycles. The number of hydrogen-bond donors (Lipinski definition) is 1. The van der Waals surface area contributed by atoms with Crippen molar-refractivity contribution >= 4 is 35.2 Å². The van der Waals surface area contributed by atoms with Gasteiger partial charge in [0.05, 0.1) is 35.8 Å². The molecular weight excluding hydrogens is 452 g/mol. The standard InChI is InChI=1S/C26H34N2O5S/c1-6-13-27(21-15(3)9-8-10-16(21)4)24(31)22-26-12-11-18(34-26)19(25(32)33-7-2)20(26)23(30)28(22)17(5)14-29/h6,8-10,17-20,22,29H,1,7,11-14H2,2-5H3/t17-,18-,19+,20+,22?,26?/m1/s1. The number of aliphatic hydroxyl groups excluding tert-OH is 1. The summed E-state index contributed by atoms with van der Waals surface area (Å²) in [5.41, 5.74) is 2.74. The number of thioether (sulfide) groups is 1. The van der Waals surface area contributed by atoms with Crippen LogP contribution < -0.4 is 4.90 Å². The number of ether oxygens (including phenoxy) is 1. The van der Waals surface area contributed by atoms with Crippen molar-refractivity contribution in [3.05, 3.63) is 42.0 Å². The molecule has 7 nitrogen and oxygen atoms in total. The lowest BCUT2D eigenvalue weighted by Crippen LogP contribution is -2.57. The van der Waals surface area contributed by atoms with Gasteiger partial charge in [-0.1, -0.05) is 24.3 Å². The lowest BCUT2D eigenvalue weighted by atomic mass is 9.71. The first-order valence-electron chi connectivity index (χ1n) is 12.0. The highest BCUT2D eigenvalue weighted by molar-refractivity contribution is 8.02. The monoisotopic (exact) mass is 486 g/mol. The van der Waals surface area contributed by atoms with E-state index in [1.807, 2.05) is 32.0 Å². The summed E-state index contributed by atoms with van der Waals surface area (Å²) in [5, 5.41) is 9.98. The molecule has 1 N–H and O–H groups in total. The number of amides is 2. The zero-order valence-corrected chi connectivity index (χ0v) is 21.1. The number of aryl methyl sites for hydroxylation is 2. The maximum atomic E-state index is 14.4. The van der Waals surface area contributed by atoms with Crippen LogP contribution in [0.5, 0.6) is 0 Å². The highest BCUT2D eigenvalue weighted by Gasteiger charge is 2.74. The molecule has 0 saturated carbocycles. The first-order valence-corrected chi connectivity index (χ1v) is 12.9. The molecule has 1 aromatic carbocycles. The zero-order chi connectivity index (χ0) is 24.8. The molecule has 2 unspecified atom stereocenters. The van der Waals surface area contributed by atoms with E-state index in [1.165, 1.54) is 0 Å². The molecule has 3 aliphatic heterocycles. The largest absolute Gasteiger partial charge is 0.466 e. The molecule has 1 aromatic rings. The van der Waals surface area contributed by atoms with Gasteiger partial charge in [0.25, 0.3) is 5.91 Å². The third kappa shape index (κ3) is 3.57. The van der Waals surface area contributed by atoms with Gasteiger partial charge < -0.3 is 19.6 Å². The van der Waals surface area contributed by atoms with Crippen LogP contribution in [0.15, 0.2) is 30.9 Å². The summed E-state index contributed by atoms with van der Waals surface area (Å²) >= 11 is 1.60. The van der Waals surface area contributed by atoms with Crippen LogP contribution in [0.2, 0.25) is 0 Å². The smallest absolute Gasteiger partial charge is 0.310 e. The van der Waals surface area contributed by atoms with Crippen molar-refractivity contribution in [1.29, 1.82) is 0 Å². The molecule has 3 aliphatic rings. The number of hydrogen-bond acceptors (Lipinski definition) is 6. The van der Waals surface area contributed by atoms with Gasteiger partial charge in [-0.05, 0) is 51.7 Å². The highest BCUT2D eigenvalue weighted by Crippen LogP contribution is 2.67. The SMILES string of the molecule is C=CCN(C(=O)C1N([C@H](C)CO)C(=O)[C@@H]2[C@@H](C(=O)OCC)[C@H]3CCC12S3)c1c(C)cccc1C. The van der Waals surface area contributed by atoms with Gasteiger partial charge in [-0.2, -0.15) is 0 Å². The van der Waals surface area contributed by atoms with Gasteiger partial charge in [-0.25, -0.2) is 0 Å². The Morgan fingerprint density at radius 1 is 1.38 bits per heavy atom. The molecule has 8 heteroatoms. The average molecular weight is 487 g/mol. The molecule has 2 amide bonds. The van der Waals surface area contributed by atoms with Crippen LogP contribution in [-0.2, 0) is 19.1 Å². The number of para-hydroxylation sites is 1. The number of likely N-dealkylation sites (tertiary alicyclic amines) is 1. The van der Waals surface area contributed by atoms with Crippen LogP contribution in [0.1, 0.15) is 37.8 Å². The number of benzene rings is 1. The molecule has 0 aromatic heterocycles. The van der Waals surface area contributed by atoms with Crippen LogP contribution in [0.25, 0.3) is 0 Å². The van der Waals surface area contributed by atoms with Crippen molar-refractivity contribution in [2.24, 2.45) is 11.8 Å². The number of fused-ring (bicyclic) bond motifs is 1. The van der Waals surface area contributed by atoms with E-state index >= 15 is 0 Å². The Kier molecular flexibility index (Phi) is 6.84. The number of anilines is 1. The van der Waals surface area contributed by atoms with Gasteiger partial charge in [-0.3, -0.25) is 14.4 Å². The van der Waals surface area contributed by atoms with E-state index in [0.29, 0.717) is 13.0 Å². The van der Waals surface area contributed by atoms with Crippen LogP contribution >= 0.6 is 11.8 Å². The number of rotatable bonds is 8. The van der Waals surface area contributed by atoms with Crippen molar-refractivity contribution in [2.45, 2.75) is 62.6 Å². The quantitative estimate of drug-likeness (QED) is 0.449. The molecule has 3 heterocycles. The zero-order valence-electron chi connectivity index (χ0n) is 20.3. The highest BCUT2D eigenvalue weighted by atomic mass is 32.2. The Morgan fingerprint density at radius 2 is 2.06 bits per heavy atom. The molecular formula is C26H34N2O5S. The van der Waals surface area contributed by atoms with Crippen LogP contribution in [0, 0.1) is 25.7 Å². The molecule has 4 rings (SSSR count). The normalized spacial score (nSPS) is 30.3. The third-order valence-electron chi connectivity index (χ3n) is 7.56. The first-order chi connectivity index (χ1) is 16.2. The van der Waals surface area contributed by atoms with E-state index in [1.54, 1.807) is 41.5 Å². The topological polar surface area (TPSA) is 87.2 Å². The minimum atomic E-state index is -0.777. The van der Waals surface area contributed by atoms with Crippen LogP contribution in [0.3, 0.4) is 0 Å². The van der Waals surface area contributed by atoms with E-state index < -0.39 is 28.7 Å². The molecule has 0 aliphatic carbocycles. The summed E-state index contributed by atoms with van der Waals surface area (Å²) < 4.78 is 4.64. The van der Waals surface area contributed by atoms with Gasteiger partial charge in [0.1, 0.15) is 6.04 Å². The molecule has 1 spiro atoms. The fourth-order valence-corrected chi connectivity index (χ4v) is 8.43. The van der Waals surface area contributed by atoms with E-state index in [4.69, 9.17) is 4.74 Å². The van der Waals surface area contributed by atoms with E-state index in [0.717, 1.165) is 23.2 Å². The second-order valence-corrected chi connectivity index (χ2v) is 11.2. The Balaban J connectivity index is 1.83. The van der Waals surface area contributed by atoms with Gasteiger partial charge in [-0.15, -0.1) is 18.3 Å². The van der Waals surface area contributed by atoms with Crippen LogP contribution in [0.4, 0.5) is 5.69 Å². The predicted molar refractivity (Wildman–Crippen MR) is 133 cm³/mol. The molecule has 3 fully saturated rings. The molecule has 184 valence electrons. The number of carbonyl (C=O) groups is 3. The van der Waals surface area contributed by atoms with E-state index in [9.17, 15) is 19.5 Å². The summed E-state index contributed by atoms with van der Waals surface area (Å²) in [6.45, 7) is 11.6. The van der Waals surface area contributed by atoms with Crippen molar-refractivity contribution in [2.75, 3.05) is 24.7 Å². The second kappa shape index (κ2) is 9.38. The maximum absolute atomic E-state index is 14.4. The predicted octanol–water partition coefficient (Wildman–Crippen LogP) is 2.86. The van der Waals surface area contributed by atoms with Crippen molar-refractivity contribution in [3.63, 3.8) is 0 Å². The number of nitrogens with zero attached hydrogens (tertiary/aromatic N) is 2. The van der Waals surface area contributed by atoms with Crippen molar-refractivity contribution in [1.82, 2.24) is 4.90 Å². The van der Waals surface area contributed by atoms with Gasteiger partial charge in [0.15, 0.2) is 0 Å². The summed E-state index contributed by atoms with van der Waals surface area (Å²) in [5.74, 6) is -1.96. The first kappa shape index (κ1) is 24.8. The molecule has 6 atom stereocenters. The van der Waals surface area contributed by atoms with Crippen molar-refractivity contribution < 1.29 is 24.2 Å². The third-order valence-corrected chi connectivity index (χ3v) is 9.51. The van der Waals surface area contributed by atoms with E-state index in [2.05, 4.69) is 6.58 Å². The average Bonchev–Trinajstić information content (AvgIpc) is 3.45. The summed E-state index contributed by atoms with van der Waals surface area (Å²) in [6.07, 6.45) is 3.12. The van der Waals surface area contributed by atoms with Gasteiger partial charge in [0.2, 0.25) is 5.91 Å². The Labute approximate surface area is 205 Å². The minimum Gasteiger partial charge on any atom is -0.466 e. The summed E-state index contributed by atoms with van der Waals surface area (Å²) in [7, 11) is 0. The second-order valence-electron chi connectivity index (χ2n) is 9.56. The lowest BCUT2D eigenvalue weighted by Gasteiger charge is -2.39.